The molecule has 0 bridgehead atoms. The summed E-state index contributed by atoms with van der Waals surface area (Å²) >= 11 is 0. The third-order valence-electron chi connectivity index (χ3n) is 6.39. The Labute approximate surface area is 216 Å². The van der Waals surface area contributed by atoms with E-state index in [9.17, 15) is 14.4 Å². The second-order valence-corrected chi connectivity index (χ2v) is 8.85. The van der Waals surface area contributed by atoms with Crippen LogP contribution in [-0.4, -0.2) is 38.6 Å². The third-order valence-corrected chi connectivity index (χ3v) is 6.39. The molecule has 3 aromatic carbocycles. The van der Waals surface area contributed by atoms with Gasteiger partial charge in [0.15, 0.2) is 6.61 Å². The molecule has 4 rings (SSSR count). The third kappa shape index (κ3) is 6.09. The normalized spacial score (nSPS) is 17.2. The Balaban J connectivity index is 1.56. The van der Waals surface area contributed by atoms with Gasteiger partial charge in [-0.15, -0.1) is 0 Å². The van der Waals surface area contributed by atoms with Crippen LogP contribution in [0.25, 0.3) is 0 Å². The minimum absolute atomic E-state index is 0.104. The van der Waals surface area contributed by atoms with Gasteiger partial charge in [-0.05, 0) is 67.4 Å². The first-order valence-corrected chi connectivity index (χ1v) is 12.0. The molecule has 1 saturated heterocycles. The van der Waals surface area contributed by atoms with Gasteiger partial charge in [-0.3, -0.25) is 14.4 Å². The van der Waals surface area contributed by atoms with Crippen molar-refractivity contribution in [3.63, 3.8) is 0 Å². The topological polar surface area (TPSA) is 94.2 Å². The molecule has 3 aromatic rings. The van der Waals surface area contributed by atoms with E-state index in [1.54, 1.807) is 67.7 Å². The molecule has 37 heavy (non-hydrogen) atoms. The van der Waals surface area contributed by atoms with Gasteiger partial charge in [0.25, 0.3) is 5.91 Å². The monoisotopic (exact) mass is 502 g/mol. The first-order chi connectivity index (χ1) is 17.9. The highest BCUT2D eigenvalue weighted by Crippen LogP contribution is 2.41. The molecule has 0 aromatic heterocycles. The van der Waals surface area contributed by atoms with Crippen molar-refractivity contribution in [1.82, 2.24) is 0 Å². The van der Waals surface area contributed by atoms with Crippen LogP contribution in [0.4, 0.5) is 11.4 Å². The lowest BCUT2D eigenvalue weighted by Gasteiger charge is -2.40. The van der Waals surface area contributed by atoms with E-state index in [0.717, 1.165) is 11.1 Å². The fourth-order valence-corrected chi connectivity index (χ4v) is 4.45. The van der Waals surface area contributed by atoms with Crippen LogP contribution in [0.3, 0.4) is 0 Å². The smallest absolute Gasteiger partial charge is 0.311 e. The lowest BCUT2D eigenvalue weighted by molar-refractivity contribution is -0.153. The number of carbonyl (C=O) groups excluding carboxylic acids is 3. The summed E-state index contributed by atoms with van der Waals surface area (Å²) in [5, 5.41) is 2.73. The number of ether oxygens (including phenoxy) is 3. The van der Waals surface area contributed by atoms with E-state index in [0.29, 0.717) is 29.3 Å². The van der Waals surface area contributed by atoms with Crippen LogP contribution in [0.15, 0.2) is 72.8 Å². The number of carbonyl (C=O) groups is 3. The molecule has 8 heteroatoms. The van der Waals surface area contributed by atoms with Crippen LogP contribution in [0.2, 0.25) is 0 Å². The SMILES string of the molecule is COc1ccc([C@H]2[C@@H](C(=O)OCC(=O)Nc3ccc(C)cc3)CCC(=O)N2c2ccc(OC)cc2)cc1. The maximum absolute atomic E-state index is 13.3. The number of anilines is 2. The van der Waals surface area contributed by atoms with Crippen molar-refractivity contribution in [2.75, 3.05) is 31.0 Å². The van der Waals surface area contributed by atoms with Crippen molar-refractivity contribution in [2.24, 2.45) is 5.92 Å². The van der Waals surface area contributed by atoms with Crippen LogP contribution in [-0.2, 0) is 19.1 Å². The van der Waals surface area contributed by atoms with Gasteiger partial charge in [-0.2, -0.15) is 0 Å². The Morgan fingerprint density at radius 1 is 0.892 bits per heavy atom. The molecule has 1 aliphatic heterocycles. The summed E-state index contributed by atoms with van der Waals surface area (Å²) in [5.74, 6) is -0.422. The number of esters is 1. The summed E-state index contributed by atoms with van der Waals surface area (Å²) < 4.78 is 16.0. The summed E-state index contributed by atoms with van der Waals surface area (Å²) in [5.41, 5.74) is 3.09. The Morgan fingerprint density at radius 2 is 1.49 bits per heavy atom. The van der Waals surface area contributed by atoms with E-state index in [1.807, 2.05) is 31.2 Å². The van der Waals surface area contributed by atoms with Gasteiger partial charge in [0.2, 0.25) is 5.91 Å². The number of nitrogens with one attached hydrogen (secondary N) is 1. The fraction of sp³-hybridized carbons (Fsp3) is 0.276. The number of nitrogens with zero attached hydrogens (tertiary/aromatic N) is 1. The summed E-state index contributed by atoms with van der Waals surface area (Å²) in [7, 11) is 3.15. The Bertz CT molecular complexity index is 1240. The molecule has 0 radical (unpaired) electrons. The van der Waals surface area contributed by atoms with Crippen molar-refractivity contribution < 1.29 is 28.6 Å². The van der Waals surface area contributed by atoms with Gasteiger partial charge in [-0.25, -0.2) is 0 Å². The van der Waals surface area contributed by atoms with E-state index in [2.05, 4.69) is 5.32 Å². The van der Waals surface area contributed by atoms with E-state index >= 15 is 0 Å². The average molecular weight is 503 g/mol. The average Bonchev–Trinajstić information content (AvgIpc) is 2.93. The van der Waals surface area contributed by atoms with Crippen molar-refractivity contribution in [3.05, 3.63) is 83.9 Å². The van der Waals surface area contributed by atoms with Crippen LogP contribution >= 0.6 is 0 Å². The van der Waals surface area contributed by atoms with Crippen LogP contribution in [0.1, 0.15) is 30.0 Å². The zero-order chi connectivity index (χ0) is 26.4. The largest absolute Gasteiger partial charge is 0.497 e. The highest BCUT2D eigenvalue weighted by Gasteiger charge is 2.42. The van der Waals surface area contributed by atoms with Gasteiger partial charge in [-0.1, -0.05) is 29.8 Å². The number of hydrogen-bond donors (Lipinski definition) is 1. The van der Waals surface area contributed by atoms with E-state index in [1.165, 1.54) is 0 Å². The number of piperidine rings is 1. The predicted molar refractivity (Wildman–Crippen MR) is 140 cm³/mol. The molecule has 1 N–H and O–H groups in total. The number of amides is 2. The highest BCUT2D eigenvalue weighted by atomic mass is 16.5. The van der Waals surface area contributed by atoms with Gasteiger partial charge >= 0.3 is 5.97 Å². The van der Waals surface area contributed by atoms with E-state index in [4.69, 9.17) is 14.2 Å². The van der Waals surface area contributed by atoms with Crippen molar-refractivity contribution in [1.29, 1.82) is 0 Å². The molecular formula is C29H30N2O6. The second kappa shape index (κ2) is 11.6. The van der Waals surface area contributed by atoms with Crippen LogP contribution in [0, 0.1) is 12.8 Å². The summed E-state index contributed by atoms with van der Waals surface area (Å²) in [6.07, 6.45) is 0.481. The Morgan fingerprint density at radius 3 is 2.08 bits per heavy atom. The number of methoxy groups -OCH3 is 2. The lowest BCUT2D eigenvalue weighted by Crippen LogP contribution is -2.46. The van der Waals surface area contributed by atoms with Crippen molar-refractivity contribution in [2.45, 2.75) is 25.8 Å². The summed E-state index contributed by atoms with van der Waals surface area (Å²) in [6.45, 7) is 1.53. The number of aryl methyl sites for hydroxylation is 1. The molecule has 1 heterocycles. The fourth-order valence-electron chi connectivity index (χ4n) is 4.45. The van der Waals surface area contributed by atoms with Gasteiger partial charge < -0.3 is 24.4 Å². The zero-order valence-electron chi connectivity index (χ0n) is 21.1. The van der Waals surface area contributed by atoms with Crippen molar-refractivity contribution in [3.8, 4) is 11.5 Å². The second-order valence-electron chi connectivity index (χ2n) is 8.85. The van der Waals surface area contributed by atoms with E-state index in [-0.39, 0.29) is 12.3 Å². The molecule has 1 fully saturated rings. The van der Waals surface area contributed by atoms with Crippen LogP contribution in [0.5, 0.6) is 11.5 Å². The first kappa shape index (κ1) is 25.8. The molecule has 192 valence electrons. The van der Waals surface area contributed by atoms with Gasteiger partial charge in [0.05, 0.1) is 26.2 Å². The first-order valence-electron chi connectivity index (χ1n) is 12.0. The number of benzene rings is 3. The molecule has 0 unspecified atom stereocenters. The molecule has 2 atom stereocenters. The Kier molecular flexibility index (Phi) is 8.08. The van der Waals surface area contributed by atoms with Crippen LogP contribution < -0.4 is 19.7 Å². The standard InChI is InChI=1S/C29H30N2O6/c1-19-4-8-21(9-5-19)30-26(32)18-37-29(34)25-16-17-27(33)31(22-10-14-24(36-3)15-11-22)28(25)20-6-12-23(35-2)13-7-20/h4-15,25,28H,16-18H2,1-3H3,(H,30,32)/t25-,28-/m0/s1. The summed E-state index contributed by atoms with van der Waals surface area (Å²) in [6, 6.07) is 21.1. The summed E-state index contributed by atoms with van der Waals surface area (Å²) in [4.78, 5) is 40.5. The predicted octanol–water partition coefficient (Wildman–Crippen LogP) is 4.68. The van der Waals surface area contributed by atoms with Gasteiger partial charge in [0, 0.05) is 17.8 Å². The Hall–Kier alpha value is -4.33. The van der Waals surface area contributed by atoms with E-state index < -0.39 is 30.4 Å². The minimum Gasteiger partial charge on any atom is -0.497 e. The number of rotatable bonds is 8. The van der Waals surface area contributed by atoms with Crippen molar-refractivity contribution >= 4 is 29.2 Å². The molecular weight excluding hydrogens is 472 g/mol. The molecule has 1 aliphatic rings. The molecule has 0 saturated carbocycles. The maximum atomic E-state index is 13.3. The molecule has 8 nitrogen and oxygen atoms in total. The molecule has 0 spiro atoms. The van der Waals surface area contributed by atoms with Gasteiger partial charge in [0.1, 0.15) is 11.5 Å². The lowest BCUT2D eigenvalue weighted by atomic mass is 9.83. The maximum Gasteiger partial charge on any atom is 0.311 e. The number of hydrogen-bond acceptors (Lipinski definition) is 6. The minimum atomic E-state index is -0.666. The molecule has 0 aliphatic carbocycles. The highest BCUT2D eigenvalue weighted by molar-refractivity contribution is 5.97. The quantitative estimate of drug-likeness (QED) is 0.450. The molecule has 2 amide bonds. The zero-order valence-corrected chi connectivity index (χ0v) is 21.1.